The first-order valence-electron chi connectivity index (χ1n) is 5.71. The Hall–Kier alpha value is -1.97. The van der Waals surface area contributed by atoms with Crippen molar-refractivity contribution in [3.63, 3.8) is 0 Å². The molecule has 0 aliphatic heterocycles. The van der Waals surface area contributed by atoms with Crippen LogP contribution in [0.15, 0.2) is 30.4 Å². The van der Waals surface area contributed by atoms with E-state index in [1.54, 1.807) is 13.2 Å². The summed E-state index contributed by atoms with van der Waals surface area (Å²) in [5, 5.41) is 2.70. The molecular formula is C14H19NO3. The van der Waals surface area contributed by atoms with Gasteiger partial charge in [0.25, 0.3) is 5.91 Å². The Morgan fingerprint density at radius 3 is 2.72 bits per heavy atom. The summed E-state index contributed by atoms with van der Waals surface area (Å²) in [5.41, 5.74) is 1.97. The Morgan fingerprint density at radius 2 is 2.11 bits per heavy atom. The molecule has 0 saturated heterocycles. The summed E-state index contributed by atoms with van der Waals surface area (Å²) in [5.74, 6) is 1.01. The SMILES string of the molecule is C=C(C)CNC(=O)COc1ccc(C)cc1OC. The molecule has 4 nitrogen and oxygen atoms in total. The Balaban J connectivity index is 2.52. The van der Waals surface area contributed by atoms with E-state index in [4.69, 9.17) is 9.47 Å². The average molecular weight is 249 g/mol. The predicted molar refractivity (Wildman–Crippen MR) is 71.0 cm³/mol. The highest BCUT2D eigenvalue weighted by Gasteiger charge is 2.07. The maximum Gasteiger partial charge on any atom is 0.258 e. The van der Waals surface area contributed by atoms with Crippen molar-refractivity contribution in [2.75, 3.05) is 20.3 Å². The normalized spacial score (nSPS) is 9.72. The molecule has 98 valence electrons. The molecule has 1 rings (SSSR count). The maximum atomic E-state index is 11.5. The minimum atomic E-state index is -0.180. The van der Waals surface area contributed by atoms with Crippen LogP contribution in [-0.4, -0.2) is 26.2 Å². The Kier molecular flexibility index (Phi) is 5.24. The molecule has 1 N–H and O–H groups in total. The van der Waals surface area contributed by atoms with Crippen molar-refractivity contribution < 1.29 is 14.3 Å². The number of hydrogen-bond acceptors (Lipinski definition) is 3. The van der Waals surface area contributed by atoms with Crippen molar-refractivity contribution in [3.8, 4) is 11.5 Å². The monoisotopic (exact) mass is 249 g/mol. The van der Waals surface area contributed by atoms with Gasteiger partial charge in [0.15, 0.2) is 18.1 Å². The third-order valence-electron chi connectivity index (χ3n) is 2.27. The summed E-state index contributed by atoms with van der Waals surface area (Å²) in [7, 11) is 1.57. The van der Waals surface area contributed by atoms with Crippen LogP contribution in [-0.2, 0) is 4.79 Å². The molecular weight excluding hydrogens is 230 g/mol. The third-order valence-corrected chi connectivity index (χ3v) is 2.27. The lowest BCUT2D eigenvalue weighted by Crippen LogP contribution is -2.30. The van der Waals surface area contributed by atoms with Gasteiger partial charge in [0.2, 0.25) is 0 Å². The molecule has 18 heavy (non-hydrogen) atoms. The van der Waals surface area contributed by atoms with E-state index < -0.39 is 0 Å². The molecule has 0 atom stereocenters. The Bertz CT molecular complexity index is 441. The highest BCUT2D eigenvalue weighted by molar-refractivity contribution is 5.77. The lowest BCUT2D eigenvalue weighted by molar-refractivity contribution is -0.122. The van der Waals surface area contributed by atoms with Gasteiger partial charge in [0, 0.05) is 6.54 Å². The van der Waals surface area contributed by atoms with Crippen LogP contribution in [0.4, 0.5) is 0 Å². The molecule has 0 aliphatic carbocycles. The zero-order valence-electron chi connectivity index (χ0n) is 11.1. The molecule has 0 saturated carbocycles. The van der Waals surface area contributed by atoms with Gasteiger partial charge in [-0.2, -0.15) is 0 Å². The quantitative estimate of drug-likeness (QED) is 0.785. The van der Waals surface area contributed by atoms with Gasteiger partial charge < -0.3 is 14.8 Å². The lowest BCUT2D eigenvalue weighted by atomic mass is 10.2. The minimum Gasteiger partial charge on any atom is -0.493 e. The van der Waals surface area contributed by atoms with Crippen molar-refractivity contribution >= 4 is 5.91 Å². The van der Waals surface area contributed by atoms with Crippen LogP contribution in [0.3, 0.4) is 0 Å². The van der Waals surface area contributed by atoms with Gasteiger partial charge in [0.05, 0.1) is 7.11 Å². The number of rotatable bonds is 6. The lowest BCUT2D eigenvalue weighted by Gasteiger charge is -2.11. The number of hydrogen-bond donors (Lipinski definition) is 1. The highest BCUT2D eigenvalue weighted by Crippen LogP contribution is 2.27. The van der Waals surface area contributed by atoms with E-state index in [9.17, 15) is 4.79 Å². The summed E-state index contributed by atoms with van der Waals surface area (Å²) in [6.07, 6.45) is 0. The minimum absolute atomic E-state index is 0.0350. The number of benzene rings is 1. The van der Waals surface area contributed by atoms with Gasteiger partial charge in [-0.3, -0.25) is 4.79 Å². The Labute approximate surface area is 108 Å². The molecule has 1 amide bonds. The third kappa shape index (κ3) is 4.49. The van der Waals surface area contributed by atoms with Crippen molar-refractivity contribution in [2.24, 2.45) is 0 Å². The van der Waals surface area contributed by atoms with Crippen molar-refractivity contribution in [1.82, 2.24) is 5.32 Å². The zero-order valence-corrected chi connectivity index (χ0v) is 11.1. The number of amides is 1. The van der Waals surface area contributed by atoms with E-state index in [0.717, 1.165) is 11.1 Å². The topological polar surface area (TPSA) is 47.6 Å². The predicted octanol–water partition coefficient (Wildman–Crippen LogP) is 2.07. The van der Waals surface area contributed by atoms with Crippen LogP contribution in [0, 0.1) is 6.92 Å². The van der Waals surface area contributed by atoms with Crippen LogP contribution in [0.5, 0.6) is 11.5 Å². The van der Waals surface area contributed by atoms with Crippen molar-refractivity contribution in [3.05, 3.63) is 35.9 Å². The molecule has 4 heteroatoms. The van der Waals surface area contributed by atoms with Crippen LogP contribution >= 0.6 is 0 Å². The van der Waals surface area contributed by atoms with Crippen LogP contribution in [0.2, 0.25) is 0 Å². The molecule has 0 unspecified atom stereocenters. The summed E-state index contributed by atoms with van der Waals surface area (Å²) in [4.78, 5) is 11.5. The number of aryl methyl sites for hydroxylation is 1. The molecule has 1 aromatic carbocycles. The molecule has 0 spiro atoms. The standard InChI is InChI=1S/C14H19NO3/c1-10(2)8-15-14(16)9-18-12-6-5-11(3)7-13(12)17-4/h5-7H,1,8-9H2,2-4H3,(H,15,16). The summed E-state index contributed by atoms with van der Waals surface area (Å²) in [6, 6.07) is 5.56. The first-order chi connectivity index (χ1) is 8.52. The second-order valence-electron chi connectivity index (χ2n) is 4.18. The largest absolute Gasteiger partial charge is 0.493 e. The van der Waals surface area contributed by atoms with E-state index in [1.807, 2.05) is 26.0 Å². The summed E-state index contributed by atoms with van der Waals surface area (Å²) >= 11 is 0. The van der Waals surface area contributed by atoms with E-state index in [2.05, 4.69) is 11.9 Å². The molecule has 0 aromatic heterocycles. The zero-order chi connectivity index (χ0) is 13.5. The van der Waals surface area contributed by atoms with Gasteiger partial charge in [-0.05, 0) is 31.5 Å². The van der Waals surface area contributed by atoms with Crippen LogP contribution in [0.1, 0.15) is 12.5 Å². The maximum absolute atomic E-state index is 11.5. The van der Waals surface area contributed by atoms with E-state index in [0.29, 0.717) is 18.0 Å². The van der Waals surface area contributed by atoms with Gasteiger partial charge in [-0.1, -0.05) is 18.2 Å². The summed E-state index contributed by atoms with van der Waals surface area (Å²) in [6.45, 7) is 7.95. The second kappa shape index (κ2) is 6.69. The van der Waals surface area contributed by atoms with Crippen molar-refractivity contribution in [1.29, 1.82) is 0 Å². The van der Waals surface area contributed by atoms with Crippen LogP contribution < -0.4 is 14.8 Å². The van der Waals surface area contributed by atoms with Gasteiger partial charge in [0.1, 0.15) is 0 Å². The first-order valence-corrected chi connectivity index (χ1v) is 5.71. The number of ether oxygens (including phenoxy) is 2. The fourth-order valence-electron chi connectivity index (χ4n) is 1.34. The fourth-order valence-corrected chi connectivity index (χ4v) is 1.34. The highest BCUT2D eigenvalue weighted by atomic mass is 16.5. The van der Waals surface area contributed by atoms with E-state index >= 15 is 0 Å². The number of carbonyl (C=O) groups is 1. The Morgan fingerprint density at radius 1 is 1.39 bits per heavy atom. The van der Waals surface area contributed by atoms with Crippen molar-refractivity contribution in [2.45, 2.75) is 13.8 Å². The summed E-state index contributed by atoms with van der Waals surface area (Å²) < 4.78 is 10.6. The molecule has 0 bridgehead atoms. The smallest absolute Gasteiger partial charge is 0.258 e. The number of methoxy groups -OCH3 is 1. The molecule has 0 fully saturated rings. The number of nitrogens with one attached hydrogen (secondary N) is 1. The van der Waals surface area contributed by atoms with Crippen LogP contribution in [0.25, 0.3) is 0 Å². The molecule has 0 radical (unpaired) electrons. The average Bonchev–Trinajstić information content (AvgIpc) is 2.34. The van der Waals surface area contributed by atoms with Gasteiger partial charge in [-0.15, -0.1) is 0 Å². The first kappa shape index (κ1) is 14.1. The molecule has 0 heterocycles. The van der Waals surface area contributed by atoms with E-state index in [1.165, 1.54) is 0 Å². The number of carbonyl (C=O) groups excluding carboxylic acids is 1. The van der Waals surface area contributed by atoms with E-state index in [-0.39, 0.29) is 12.5 Å². The van der Waals surface area contributed by atoms with Gasteiger partial charge >= 0.3 is 0 Å². The van der Waals surface area contributed by atoms with Gasteiger partial charge in [-0.25, -0.2) is 0 Å². The molecule has 0 aliphatic rings. The molecule has 1 aromatic rings. The fraction of sp³-hybridized carbons (Fsp3) is 0.357. The second-order valence-corrected chi connectivity index (χ2v) is 4.18.